The van der Waals surface area contributed by atoms with Gasteiger partial charge in [0.15, 0.2) is 0 Å². The van der Waals surface area contributed by atoms with Crippen LogP contribution in [-0.4, -0.2) is 18.2 Å². The Morgan fingerprint density at radius 2 is 2.12 bits per heavy atom. The monoisotopic (exact) mass is 218 g/mol. The summed E-state index contributed by atoms with van der Waals surface area (Å²) < 4.78 is 9.82. The predicted molar refractivity (Wildman–Crippen MR) is 57.1 cm³/mol. The summed E-state index contributed by atoms with van der Waals surface area (Å²) in [5.74, 6) is 0.275. The number of ether oxygens (including phenoxy) is 1. The Bertz CT molecular complexity index is 513. The quantitative estimate of drug-likeness (QED) is 0.786. The lowest BCUT2D eigenvalue weighted by Crippen LogP contribution is -1.98. The molecule has 1 N–H and O–H groups in total. The van der Waals surface area contributed by atoms with Crippen LogP contribution in [0, 0.1) is 0 Å². The Labute approximate surface area is 92.1 Å². The number of phenolic OH excluding ortho intramolecular Hbond substituents is 1. The second-order valence-electron chi connectivity index (χ2n) is 3.21. The van der Waals surface area contributed by atoms with Crippen molar-refractivity contribution in [2.24, 2.45) is 0 Å². The van der Waals surface area contributed by atoms with Gasteiger partial charge in [0.1, 0.15) is 11.5 Å². The molecule has 0 aliphatic heterocycles. The van der Waals surface area contributed by atoms with Crippen molar-refractivity contribution in [2.45, 2.75) is 0 Å². The van der Waals surface area contributed by atoms with E-state index < -0.39 is 5.97 Å². The van der Waals surface area contributed by atoms with Gasteiger partial charge in [0.25, 0.3) is 0 Å². The molecular weight excluding hydrogens is 208 g/mol. The molecule has 0 amide bonds. The zero-order valence-corrected chi connectivity index (χ0v) is 8.64. The van der Waals surface area contributed by atoms with Gasteiger partial charge in [-0.1, -0.05) is 12.1 Å². The Morgan fingerprint density at radius 3 is 2.81 bits per heavy atom. The first kappa shape index (κ1) is 10.3. The summed E-state index contributed by atoms with van der Waals surface area (Å²) in [6.45, 7) is 0. The second kappa shape index (κ2) is 4.10. The number of esters is 1. The Morgan fingerprint density at radius 1 is 1.31 bits per heavy atom. The molecule has 0 unspecified atom stereocenters. The van der Waals surface area contributed by atoms with Gasteiger partial charge in [0.2, 0.25) is 5.76 Å². The maximum atomic E-state index is 11.2. The van der Waals surface area contributed by atoms with Crippen LogP contribution in [0.4, 0.5) is 0 Å². The molecule has 1 aromatic heterocycles. The SMILES string of the molecule is COC(=O)c1ccc(-c2cccc(O)c2)o1. The van der Waals surface area contributed by atoms with Gasteiger partial charge in [-0.05, 0) is 24.3 Å². The van der Waals surface area contributed by atoms with Crippen LogP contribution < -0.4 is 0 Å². The third kappa shape index (κ3) is 1.91. The Balaban J connectivity index is 2.35. The highest BCUT2D eigenvalue weighted by Crippen LogP contribution is 2.25. The highest BCUT2D eigenvalue weighted by atomic mass is 16.5. The van der Waals surface area contributed by atoms with Gasteiger partial charge in [0.05, 0.1) is 7.11 Å². The number of hydrogen-bond donors (Lipinski definition) is 1. The number of carbonyl (C=O) groups excluding carboxylic acids is 1. The van der Waals surface area contributed by atoms with Crippen molar-refractivity contribution in [3.63, 3.8) is 0 Å². The van der Waals surface area contributed by atoms with Gasteiger partial charge in [-0.3, -0.25) is 0 Å². The molecule has 2 rings (SSSR count). The number of benzene rings is 1. The number of carbonyl (C=O) groups is 1. The molecule has 0 saturated heterocycles. The smallest absolute Gasteiger partial charge is 0.373 e. The van der Waals surface area contributed by atoms with Gasteiger partial charge < -0.3 is 14.3 Å². The van der Waals surface area contributed by atoms with Crippen molar-refractivity contribution in [2.75, 3.05) is 7.11 Å². The van der Waals surface area contributed by atoms with Crippen LogP contribution in [0.25, 0.3) is 11.3 Å². The zero-order chi connectivity index (χ0) is 11.5. The van der Waals surface area contributed by atoms with Gasteiger partial charge >= 0.3 is 5.97 Å². The first-order chi connectivity index (χ1) is 7.70. The van der Waals surface area contributed by atoms with E-state index in [9.17, 15) is 9.90 Å². The molecule has 0 aliphatic carbocycles. The molecule has 1 heterocycles. The average molecular weight is 218 g/mol. The standard InChI is InChI=1S/C12H10O4/c1-15-12(14)11-6-5-10(16-11)8-3-2-4-9(13)7-8/h2-7,13H,1H3. The van der Waals surface area contributed by atoms with Gasteiger partial charge in [-0.2, -0.15) is 0 Å². The van der Waals surface area contributed by atoms with Crippen LogP contribution in [-0.2, 0) is 4.74 Å². The van der Waals surface area contributed by atoms with Crippen LogP contribution in [0.2, 0.25) is 0 Å². The molecule has 4 heteroatoms. The summed E-state index contributed by atoms with van der Waals surface area (Å²) in [5.41, 5.74) is 0.704. The van der Waals surface area contributed by atoms with Crippen molar-refractivity contribution in [3.05, 3.63) is 42.2 Å². The maximum Gasteiger partial charge on any atom is 0.373 e. The molecule has 4 nitrogen and oxygen atoms in total. The van der Waals surface area contributed by atoms with E-state index in [1.165, 1.54) is 13.2 Å². The Kier molecular flexibility index (Phi) is 2.64. The molecule has 0 aliphatic rings. The van der Waals surface area contributed by atoms with Gasteiger partial charge in [-0.15, -0.1) is 0 Å². The minimum Gasteiger partial charge on any atom is -0.508 e. The van der Waals surface area contributed by atoms with E-state index in [-0.39, 0.29) is 11.5 Å². The first-order valence-electron chi connectivity index (χ1n) is 4.68. The fourth-order valence-electron chi connectivity index (χ4n) is 1.36. The van der Waals surface area contributed by atoms with Crippen LogP contribution in [0.15, 0.2) is 40.8 Å². The van der Waals surface area contributed by atoms with E-state index in [1.807, 2.05) is 0 Å². The molecule has 0 fully saturated rings. The summed E-state index contributed by atoms with van der Waals surface area (Å²) in [7, 11) is 1.29. The first-order valence-corrected chi connectivity index (χ1v) is 4.68. The highest BCUT2D eigenvalue weighted by molar-refractivity contribution is 5.87. The third-order valence-corrected chi connectivity index (χ3v) is 2.12. The fraction of sp³-hybridized carbons (Fsp3) is 0.0833. The number of phenols is 1. The molecule has 0 radical (unpaired) electrons. The second-order valence-corrected chi connectivity index (χ2v) is 3.21. The number of rotatable bonds is 2. The minimum atomic E-state index is -0.522. The number of hydrogen-bond acceptors (Lipinski definition) is 4. The van der Waals surface area contributed by atoms with Crippen LogP contribution >= 0.6 is 0 Å². The molecule has 0 saturated carbocycles. The predicted octanol–water partition coefficient (Wildman–Crippen LogP) is 2.44. The lowest BCUT2D eigenvalue weighted by atomic mass is 10.2. The molecule has 82 valence electrons. The van der Waals surface area contributed by atoms with E-state index in [0.29, 0.717) is 11.3 Å². The minimum absolute atomic E-state index is 0.140. The lowest BCUT2D eigenvalue weighted by molar-refractivity contribution is 0.0566. The zero-order valence-electron chi connectivity index (χ0n) is 8.64. The molecule has 16 heavy (non-hydrogen) atoms. The normalized spacial score (nSPS) is 10.1. The van der Waals surface area contributed by atoms with Crippen molar-refractivity contribution >= 4 is 5.97 Å². The number of furan rings is 1. The molecular formula is C12H10O4. The summed E-state index contributed by atoms with van der Waals surface area (Å²) in [5, 5.41) is 9.30. The molecule has 0 atom stereocenters. The van der Waals surface area contributed by atoms with Crippen LogP contribution in [0.5, 0.6) is 5.75 Å². The van der Waals surface area contributed by atoms with Crippen molar-refractivity contribution in [1.82, 2.24) is 0 Å². The highest BCUT2D eigenvalue weighted by Gasteiger charge is 2.12. The average Bonchev–Trinajstić information content (AvgIpc) is 2.77. The number of methoxy groups -OCH3 is 1. The van der Waals surface area contributed by atoms with E-state index >= 15 is 0 Å². The van der Waals surface area contributed by atoms with Gasteiger partial charge in [-0.25, -0.2) is 4.79 Å². The summed E-state index contributed by atoms with van der Waals surface area (Å²) in [6.07, 6.45) is 0. The van der Waals surface area contributed by atoms with Crippen molar-refractivity contribution in [1.29, 1.82) is 0 Å². The van der Waals surface area contributed by atoms with Crippen LogP contribution in [0.3, 0.4) is 0 Å². The Hall–Kier alpha value is -2.23. The molecule has 2 aromatic rings. The van der Waals surface area contributed by atoms with E-state index in [2.05, 4.69) is 4.74 Å². The lowest BCUT2D eigenvalue weighted by Gasteiger charge is -1.97. The molecule has 0 bridgehead atoms. The van der Waals surface area contributed by atoms with E-state index in [4.69, 9.17) is 4.42 Å². The van der Waals surface area contributed by atoms with E-state index in [1.54, 1.807) is 30.3 Å². The van der Waals surface area contributed by atoms with Gasteiger partial charge in [0, 0.05) is 5.56 Å². The largest absolute Gasteiger partial charge is 0.508 e. The number of aromatic hydroxyl groups is 1. The molecule has 0 spiro atoms. The van der Waals surface area contributed by atoms with E-state index in [0.717, 1.165) is 0 Å². The van der Waals surface area contributed by atoms with Crippen molar-refractivity contribution in [3.8, 4) is 17.1 Å². The maximum absolute atomic E-state index is 11.2. The fourth-order valence-corrected chi connectivity index (χ4v) is 1.36. The summed E-state index contributed by atoms with van der Waals surface area (Å²) in [4.78, 5) is 11.2. The third-order valence-electron chi connectivity index (χ3n) is 2.12. The summed E-state index contributed by atoms with van der Waals surface area (Å²) >= 11 is 0. The van der Waals surface area contributed by atoms with Crippen molar-refractivity contribution < 1.29 is 19.1 Å². The topological polar surface area (TPSA) is 59.7 Å². The van der Waals surface area contributed by atoms with Crippen LogP contribution in [0.1, 0.15) is 10.6 Å². The molecule has 1 aromatic carbocycles. The summed E-state index contributed by atoms with van der Waals surface area (Å²) in [6, 6.07) is 9.78.